The van der Waals surface area contributed by atoms with Gasteiger partial charge in [-0.3, -0.25) is 19.5 Å². The molecule has 0 saturated carbocycles. The topological polar surface area (TPSA) is 84.0 Å². The zero-order valence-electron chi connectivity index (χ0n) is 14.8. The maximum Gasteiger partial charge on any atom is 0.273 e. The summed E-state index contributed by atoms with van der Waals surface area (Å²) in [5, 5.41) is 6.09. The minimum Gasteiger partial charge on any atom is -0.352 e. The fourth-order valence-corrected chi connectivity index (χ4v) is 2.94. The van der Waals surface area contributed by atoms with Gasteiger partial charge < -0.3 is 5.32 Å². The normalized spacial score (nSPS) is 10.8. The Kier molecular flexibility index (Phi) is 5.02. The molecule has 1 amide bonds. The molecular formula is C20H21N3O3. The maximum absolute atomic E-state index is 12.4. The lowest BCUT2D eigenvalue weighted by atomic mass is 10.1. The number of hydrogen-bond donors (Lipinski definition) is 2. The van der Waals surface area contributed by atoms with Crippen molar-refractivity contribution in [3.05, 3.63) is 79.9 Å². The van der Waals surface area contributed by atoms with Gasteiger partial charge in [0.2, 0.25) is 5.91 Å². The Morgan fingerprint density at radius 1 is 1.08 bits per heavy atom. The Morgan fingerprint density at radius 2 is 1.81 bits per heavy atom. The summed E-state index contributed by atoms with van der Waals surface area (Å²) in [5.41, 5.74) is 2.72. The predicted molar refractivity (Wildman–Crippen MR) is 101 cm³/mol. The average molecular weight is 351 g/mol. The molecule has 2 N–H and O–H groups in total. The van der Waals surface area contributed by atoms with E-state index in [9.17, 15) is 14.4 Å². The number of carbonyl (C=O) groups excluding carboxylic acids is 1. The number of aromatic nitrogens is 2. The van der Waals surface area contributed by atoms with Gasteiger partial charge in [0, 0.05) is 13.0 Å². The van der Waals surface area contributed by atoms with Gasteiger partial charge in [0.15, 0.2) is 0 Å². The van der Waals surface area contributed by atoms with E-state index in [2.05, 4.69) is 16.5 Å². The molecule has 0 spiro atoms. The molecule has 0 radical (unpaired) electrons. The number of benzene rings is 2. The Hall–Kier alpha value is -3.15. The molecule has 3 aromatic rings. The predicted octanol–water partition coefficient (Wildman–Crippen LogP) is 2.01. The molecule has 6 nitrogen and oxygen atoms in total. The van der Waals surface area contributed by atoms with Gasteiger partial charge in [-0.1, -0.05) is 35.9 Å². The summed E-state index contributed by atoms with van der Waals surface area (Å²) in [6, 6.07) is 12.7. The van der Waals surface area contributed by atoms with Crippen LogP contribution in [0, 0.1) is 13.8 Å². The molecule has 3 rings (SSSR count). The van der Waals surface area contributed by atoms with Crippen molar-refractivity contribution in [1.82, 2.24) is 15.1 Å². The Labute approximate surface area is 150 Å². The van der Waals surface area contributed by atoms with Gasteiger partial charge in [-0.25, -0.2) is 4.68 Å². The van der Waals surface area contributed by atoms with Crippen LogP contribution in [-0.4, -0.2) is 15.7 Å². The second kappa shape index (κ2) is 7.39. The Bertz CT molecular complexity index is 1080. The van der Waals surface area contributed by atoms with E-state index in [0.29, 0.717) is 17.3 Å². The SMILES string of the molecule is Cc1ccc(CNC(=O)CCn2[nH]c(=O)c3ccccc3c2=O)c(C)c1. The zero-order valence-corrected chi connectivity index (χ0v) is 14.8. The summed E-state index contributed by atoms with van der Waals surface area (Å²) in [6.07, 6.45) is 0.110. The van der Waals surface area contributed by atoms with Crippen LogP contribution in [0.4, 0.5) is 0 Å². The third kappa shape index (κ3) is 3.74. The number of H-pyrrole nitrogens is 1. The number of rotatable bonds is 5. The molecule has 1 heterocycles. The first-order chi connectivity index (χ1) is 12.5. The lowest BCUT2D eigenvalue weighted by Crippen LogP contribution is -2.32. The molecule has 2 aromatic carbocycles. The van der Waals surface area contributed by atoms with Crippen LogP contribution in [0.25, 0.3) is 10.8 Å². The van der Waals surface area contributed by atoms with E-state index in [1.807, 2.05) is 26.0 Å². The third-order valence-electron chi connectivity index (χ3n) is 4.42. The Morgan fingerprint density at radius 3 is 2.54 bits per heavy atom. The molecule has 1 aromatic heterocycles. The molecule has 0 bridgehead atoms. The molecule has 6 heteroatoms. The van der Waals surface area contributed by atoms with Crippen LogP contribution in [0.3, 0.4) is 0 Å². The highest BCUT2D eigenvalue weighted by atomic mass is 16.2. The van der Waals surface area contributed by atoms with E-state index in [0.717, 1.165) is 11.1 Å². The summed E-state index contributed by atoms with van der Waals surface area (Å²) in [4.78, 5) is 36.6. The first-order valence-corrected chi connectivity index (χ1v) is 8.50. The largest absolute Gasteiger partial charge is 0.352 e. The van der Waals surface area contributed by atoms with Gasteiger partial charge in [0.1, 0.15) is 0 Å². The second-order valence-corrected chi connectivity index (χ2v) is 6.40. The lowest BCUT2D eigenvalue weighted by Gasteiger charge is -2.10. The number of aromatic amines is 1. The van der Waals surface area contributed by atoms with Gasteiger partial charge in [-0.05, 0) is 37.1 Å². The van der Waals surface area contributed by atoms with Crippen molar-refractivity contribution in [1.29, 1.82) is 0 Å². The van der Waals surface area contributed by atoms with E-state index in [-0.39, 0.29) is 30.0 Å². The standard InChI is InChI=1S/C20H21N3O3/c1-13-7-8-15(14(2)11-13)12-21-18(24)9-10-23-20(26)17-6-4-3-5-16(17)19(25)22-23/h3-8,11H,9-10,12H2,1-2H3,(H,21,24)(H,22,25). The van der Waals surface area contributed by atoms with Gasteiger partial charge in [0.05, 0.1) is 17.3 Å². The fourth-order valence-electron chi connectivity index (χ4n) is 2.94. The number of nitrogens with zero attached hydrogens (tertiary/aromatic N) is 1. The van der Waals surface area contributed by atoms with Crippen molar-refractivity contribution in [2.45, 2.75) is 33.4 Å². The van der Waals surface area contributed by atoms with E-state index in [4.69, 9.17) is 0 Å². The van der Waals surface area contributed by atoms with Crippen molar-refractivity contribution in [2.75, 3.05) is 0 Å². The van der Waals surface area contributed by atoms with Gasteiger partial charge in [-0.2, -0.15) is 0 Å². The van der Waals surface area contributed by atoms with Gasteiger partial charge in [0.25, 0.3) is 11.1 Å². The first kappa shape index (κ1) is 17.7. The van der Waals surface area contributed by atoms with Crippen molar-refractivity contribution in [3.63, 3.8) is 0 Å². The van der Waals surface area contributed by atoms with Crippen LogP contribution in [0.2, 0.25) is 0 Å². The van der Waals surface area contributed by atoms with Crippen LogP contribution in [-0.2, 0) is 17.9 Å². The van der Waals surface area contributed by atoms with E-state index in [1.165, 1.54) is 10.2 Å². The van der Waals surface area contributed by atoms with Crippen molar-refractivity contribution < 1.29 is 4.79 Å². The summed E-state index contributed by atoms with van der Waals surface area (Å²) in [5.74, 6) is -0.175. The molecular weight excluding hydrogens is 330 g/mol. The van der Waals surface area contributed by atoms with Crippen LogP contribution in [0.1, 0.15) is 23.1 Å². The number of nitrogens with one attached hydrogen (secondary N) is 2. The average Bonchev–Trinajstić information content (AvgIpc) is 2.63. The van der Waals surface area contributed by atoms with Gasteiger partial charge >= 0.3 is 0 Å². The first-order valence-electron chi connectivity index (χ1n) is 8.50. The zero-order chi connectivity index (χ0) is 18.7. The molecule has 0 aliphatic carbocycles. The highest BCUT2D eigenvalue weighted by molar-refractivity contribution is 5.80. The third-order valence-corrected chi connectivity index (χ3v) is 4.42. The van der Waals surface area contributed by atoms with Crippen LogP contribution < -0.4 is 16.4 Å². The molecule has 0 aliphatic rings. The van der Waals surface area contributed by atoms with Crippen LogP contribution >= 0.6 is 0 Å². The van der Waals surface area contributed by atoms with Crippen LogP contribution in [0.5, 0.6) is 0 Å². The molecule has 26 heavy (non-hydrogen) atoms. The minimum atomic E-state index is -0.337. The van der Waals surface area contributed by atoms with Crippen molar-refractivity contribution in [2.24, 2.45) is 0 Å². The maximum atomic E-state index is 12.4. The number of hydrogen-bond acceptors (Lipinski definition) is 3. The number of amides is 1. The highest BCUT2D eigenvalue weighted by Gasteiger charge is 2.09. The fraction of sp³-hybridized carbons (Fsp3) is 0.250. The number of aryl methyl sites for hydroxylation is 3. The minimum absolute atomic E-state index is 0.110. The highest BCUT2D eigenvalue weighted by Crippen LogP contribution is 2.10. The van der Waals surface area contributed by atoms with E-state index < -0.39 is 0 Å². The van der Waals surface area contributed by atoms with Crippen molar-refractivity contribution in [3.8, 4) is 0 Å². The summed E-state index contributed by atoms with van der Waals surface area (Å²) >= 11 is 0. The summed E-state index contributed by atoms with van der Waals surface area (Å²) in [6.45, 7) is 4.59. The quantitative estimate of drug-likeness (QED) is 0.737. The Balaban J connectivity index is 1.66. The molecule has 0 fully saturated rings. The number of carbonyl (C=O) groups is 1. The van der Waals surface area contributed by atoms with Crippen molar-refractivity contribution >= 4 is 16.7 Å². The molecule has 0 unspecified atom stereocenters. The monoisotopic (exact) mass is 351 g/mol. The van der Waals surface area contributed by atoms with E-state index in [1.54, 1.807) is 24.3 Å². The summed E-state index contributed by atoms with van der Waals surface area (Å²) < 4.78 is 1.20. The molecule has 0 atom stereocenters. The molecule has 134 valence electrons. The molecule has 0 saturated heterocycles. The molecule has 0 aliphatic heterocycles. The summed E-state index contributed by atoms with van der Waals surface area (Å²) in [7, 11) is 0. The second-order valence-electron chi connectivity index (χ2n) is 6.40. The van der Waals surface area contributed by atoms with E-state index >= 15 is 0 Å². The number of fused-ring (bicyclic) bond motifs is 1. The lowest BCUT2D eigenvalue weighted by molar-refractivity contribution is -0.121. The smallest absolute Gasteiger partial charge is 0.273 e. The van der Waals surface area contributed by atoms with Gasteiger partial charge in [-0.15, -0.1) is 0 Å². The van der Waals surface area contributed by atoms with Crippen LogP contribution in [0.15, 0.2) is 52.1 Å².